The summed E-state index contributed by atoms with van der Waals surface area (Å²) in [7, 11) is 0. The van der Waals surface area contributed by atoms with Crippen molar-refractivity contribution in [3.63, 3.8) is 0 Å². The van der Waals surface area contributed by atoms with Crippen molar-refractivity contribution in [2.45, 2.75) is 27.2 Å². The molecule has 1 aromatic carbocycles. The Morgan fingerprint density at radius 1 is 1.16 bits per heavy atom. The molecule has 1 heterocycles. The second-order valence-corrected chi connectivity index (χ2v) is 5.79. The summed E-state index contributed by atoms with van der Waals surface area (Å²) < 4.78 is 0. The number of hydrogen-bond donors (Lipinski definition) is 3. The number of para-hydroxylation sites is 1. The van der Waals surface area contributed by atoms with Crippen LogP contribution in [-0.4, -0.2) is 16.5 Å². The number of aromatic nitrogens is 2. The van der Waals surface area contributed by atoms with Crippen molar-refractivity contribution in [1.29, 1.82) is 0 Å². The Kier molecular flexibility index (Phi) is 3.85. The molecular formula is C14H21N5. The van der Waals surface area contributed by atoms with Crippen molar-refractivity contribution in [3.8, 4) is 0 Å². The van der Waals surface area contributed by atoms with Gasteiger partial charge in [0.1, 0.15) is 5.82 Å². The zero-order chi connectivity index (χ0) is 13.9. The Labute approximate surface area is 113 Å². The third kappa shape index (κ3) is 3.54. The smallest absolute Gasteiger partial charge is 0.239 e. The Bertz CT molecular complexity index is 559. The van der Waals surface area contributed by atoms with Gasteiger partial charge in [0.2, 0.25) is 5.95 Å². The molecule has 5 heteroatoms. The van der Waals surface area contributed by atoms with E-state index in [1.807, 2.05) is 24.3 Å². The van der Waals surface area contributed by atoms with E-state index < -0.39 is 0 Å². The van der Waals surface area contributed by atoms with Crippen LogP contribution in [0.1, 0.15) is 27.2 Å². The lowest BCUT2D eigenvalue weighted by Gasteiger charge is -2.18. The summed E-state index contributed by atoms with van der Waals surface area (Å²) in [6.45, 7) is 7.54. The van der Waals surface area contributed by atoms with Crippen LogP contribution in [0.2, 0.25) is 0 Å². The van der Waals surface area contributed by atoms with Crippen LogP contribution >= 0.6 is 0 Å². The molecule has 0 saturated carbocycles. The predicted molar refractivity (Wildman–Crippen MR) is 79.9 cm³/mol. The maximum absolute atomic E-state index is 5.40. The Balaban J connectivity index is 2.25. The van der Waals surface area contributed by atoms with E-state index in [1.54, 1.807) is 0 Å². The van der Waals surface area contributed by atoms with E-state index in [4.69, 9.17) is 5.84 Å². The topological polar surface area (TPSA) is 75.9 Å². The van der Waals surface area contributed by atoms with Crippen LogP contribution < -0.4 is 16.6 Å². The van der Waals surface area contributed by atoms with Crippen LogP contribution in [-0.2, 0) is 0 Å². The van der Waals surface area contributed by atoms with Crippen molar-refractivity contribution in [3.05, 3.63) is 24.3 Å². The lowest BCUT2D eigenvalue weighted by molar-refractivity contribution is 0.389. The monoisotopic (exact) mass is 259 g/mol. The largest absolute Gasteiger partial charge is 0.369 e. The van der Waals surface area contributed by atoms with Crippen molar-refractivity contribution in [2.75, 3.05) is 17.3 Å². The standard InChI is InChI=1S/C14H21N5/c1-14(2,3)8-9-16-12-10-6-4-5-7-11(10)17-13(18-12)19-15/h4-7H,8-9,15H2,1-3H3,(H2,16,17,18,19). The average Bonchev–Trinajstić information content (AvgIpc) is 2.37. The molecule has 5 nitrogen and oxygen atoms in total. The van der Waals surface area contributed by atoms with Gasteiger partial charge in [-0.25, -0.2) is 10.8 Å². The number of rotatable bonds is 4. The zero-order valence-corrected chi connectivity index (χ0v) is 11.7. The maximum Gasteiger partial charge on any atom is 0.239 e. The summed E-state index contributed by atoms with van der Waals surface area (Å²) in [6.07, 6.45) is 1.07. The van der Waals surface area contributed by atoms with Gasteiger partial charge in [0.05, 0.1) is 5.52 Å². The normalized spacial score (nSPS) is 11.6. The summed E-state index contributed by atoms with van der Waals surface area (Å²) in [5.74, 6) is 6.65. The molecule has 0 bridgehead atoms. The fourth-order valence-electron chi connectivity index (χ4n) is 1.83. The highest BCUT2D eigenvalue weighted by molar-refractivity contribution is 5.89. The number of anilines is 2. The first-order valence-electron chi connectivity index (χ1n) is 6.47. The van der Waals surface area contributed by atoms with Crippen LogP contribution in [0.15, 0.2) is 24.3 Å². The summed E-state index contributed by atoms with van der Waals surface area (Å²) >= 11 is 0. The number of nitrogens with zero attached hydrogens (tertiary/aromatic N) is 2. The van der Waals surface area contributed by atoms with Gasteiger partial charge in [-0.05, 0) is 24.0 Å². The molecule has 19 heavy (non-hydrogen) atoms. The maximum atomic E-state index is 5.40. The summed E-state index contributed by atoms with van der Waals surface area (Å²) in [6, 6.07) is 7.90. The fourth-order valence-corrected chi connectivity index (χ4v) is 1.83. The highest BCUT2D eigenvalue weighted by Crippen LogP contribution is 2.23. The molecule has 1 aromatic heterocycles. The van der Waals surface area contributed by atoms with Crippen LogP contribution in [0.3, 0.4) is 0 Å². The van der Waals surface area contributed by atoms with Gasteiger partial charge in [-0.3, -0.25) is 5.43 Å². The van der Waals surface area contributed by atoms with E-state index in [0.717, 1.165) is 29.7 Å². The molecule has 0 amide bonds. The summed E-state index contributed by atoms with van der Waals surface area (Å²) in [4.78, 5) is 8.70. The highest BCUT2D eigenvalue weighted by Gasteiger charge is 2.11. The average molecular weight is 259 g/mol. The number of nitrogens with two attached hydrogens (primary N) is 1. The van der Waals surface area contributed by atoms with E-state index in [9.17, 15) is 0 Å². The van der Waals surface area contributed by atoms with E-state index in [1.165, 1.54) is 0 Å². The van der Waals surface area contributed by atoms with Crippen molar-refractivity contribution >= 4 is 22.7 Å². The van der Waals surface area contributed by atoms with Crippen molar-refractivity contribution in [1.82, 2.24) is 9.97 Å². The van der Waals surface area contributed by atoms with Gasteiger partial charge in [-0.2, -0.15) is 4.98 Å². The van der Waals surface area contributed by atoms with E-state index in [2.05, 4.69) is 41.5 Å². The quantitative estimate of drug-likeness (QED) is 0.581. The highest BCUT2D eigenvalue weighted by atomic mass is 15.3. The minimum atomic E-state index is 0.296. The molecule has 0 aliphatic heterocycles. The number of benzene rings is 1. The molecule has 0 atom stereocenters. The van der Waals surface area contributed by atoms with Gasteiger partial charge >= 0.3 is 0 Å². The first-order valence-corrected chi connectivity index (χ1v) is 6.47. The molecule has 0 aliphatic rings. The van der Waals surface area contributed by atoms with Crippen molar-refractivity contribution < 1.29 is 0 Å². The molecule has 0 unspecified atom stereocenters. The molecule has 2 rings (SSSR count). The van der Waals surface area contributed by atoms with Gasteiger partial charge in [0.25, 0.3) is 0 Å². The van der Waals surface area contributed by atoms with E-state index in [0.29, 0.717) is 11.4 Å². The van der Waals surface area contributed by atoms with Crippen LogP contribution in [0.25, 0.3) is 10.9 Å². The van der Waals surface area contributed by atoms with Gasteiger partial charge in [-0.15, -0.1) is 0 Å². The van der Waals surface area contributed by atoms with Gasteiger partial charge in [0, 0.05) is 11.9 Å². The van der Waals surface area contributed by atoms with Crippen LogP contribution in [0, 0.1) is 5.41 Å². The number of nitrogen functional groups attached to an aromatic ring is 1. The van der Waals surface area contributed by atoms with E-state index >= 15 is 0 Å². The zero-order valence-electron chi connectivity index (χ0n) is 11.7. The minimum absolute atomic E-state index is 0.296. The Morgan fingerprint density at radius 3 is 2.58 bits per heavy atom. The molecule has 4 N–H and O–H groups in total. The fraction of sp³-hybridized carbons (Fsp3) is 0.429. The molecule has 0 saturated heterocycles. The summed E-state index contributed by atoms with van der Waals surface area (Å²) in [5, 5.41) is 4.38. The molecule has 102 valence electrons. The van der Waals surface area contributed by atoms with Gasteiger partial charge in [0.15, 0.2) is 0 Å². The van der Waals surface area contributed by atoms with Gasteiger partial charge in [-0.1, -0.05) is 32.9 Å². The second-order valence-electron chi connectivity index (χ2n) is 5.79. The summed E-state index contributed by atoms with van der Waals surface area (Å²) in [5.41, 5.74) is 3.68. The first kappa shape index (κ1) is 13.5. The Morgan fingerprint density at radius 2 is 1.89 bits per heavy atom. The first-order chi connectivity index (χ1) is 8.99. The number of hydrogen-bond acceptors (Lipinski definition) is 5. The predicted octanol–water partition coefficient (Wildman–Crippen LogP) is 2.76. The lowest BCUT2D eigenvalue weighted by atomic mass is 9.92. The van der Waals surface area contributed by atoms with Crippen LogP contribution in [0.5, 0.6) is 0 Å². The molecule has 0 radical (unpaired) electrons. The van der Waals surface area contributed by atoms with Crippen molar-refractivity contribution in [2.24, 2.45) is 11.3 Å². The molecule has 0 aliphatic carbocycles. The second kappa shape index (κ2) is 5.40. The lowest BCUT2D eigenvalue weighted by Crippen LogP contribution is -2.15. The number of hydrazine groups is 1. The van der Waals surface area contributed by atoms with Gasteiger partial charge < -0.3 is 5.32 Å². The van der Waals surface area contributed by atoms with E-state index in [-0.39, 0.29) is 0 Å². The molecule has 0 spiro atoms. The third-order valence-electron chi connectivity index (χ3n) is 2.90. The number of fused-ring (bicyclic) bond motifs is 1. The number of nitrogens with one attached hydrogen (secondary N) is 2. The third-order valence-corrected chi connectivity index (χ3v) is 2.90. The minimum Gasteiger partial charge on any atom is -0.369 e. The SMILES string of the molecule is CC(C)(C)CCNc1nc(NN)nc2ccccc12. The molecule has 0 fully saturated rings. The molecule has 2 aromatic rings. The van der Waals surface area contributed by atoms with Crippen LogP contribution in [0.4, 0.5) is 11.8 Å². The molecular weight excluding hydrogens is 238 g/mol. The Hall–Kier alpha value is -1.88.